The summed E-state index contributed by atoms with van der Waals surface area (Å²) in [5.41, 5.74) is -4.59. The molecular formula is C17H23F6N3OS. The third-order valence-corrected chi connectivity index (χ3v) is 5.35. The second-order valence-corrected chi connectivity index (χ2v) is 9.34. The van der Waals surface area contributed by atoms with Crippen LogP contribution in [0.5, 0.6) is 0 Å². The SMILES string of the molecule is CN(C)/N=C(/CC(CF)(N[S@](=O)C(C)(C)C)c1cccc(F)c1F)C(F)(F)F. The van der Waals surface area contributed by atoms with Crippen molar-refractivity contribution in [3.05, 3.63) is 35.4 Å². The van der Waals surface area contributed by atoms with E-state index < -0.39 is 63.5 Å². The zero-order valence-corrected chi connectivity index (χ0v) is 16.9. The summed E-state index contributed by atoms with van der Waals surface area (Å²) in [6.45, 7) is 2.91. The molecule has 0 amide bonds. The number of rotatable bonds is 7. The molecule has 0 radical (unpaired) electrons. The molecule has 0 aliphatic heterocycles. The van der Waals surface area contributed by atoms with Crippen molar-refractivity contribution in [2.45, 2.75) is 43.7 Å². The predicted octanol–water partition coefficient (Wildman–Crippen LogP) is 4.05. The first-order valence-corrected chi connectivity index (χ1v) is 9.31. The van der Waals surface area contributed by atoms with Gasteiger partial charge < -0.3 is 5.01 Å². The minimum absolute atomic E-state index is 0.705. The number of nitrogens with one attached hydrogen (secondary N) is 1. The molecule has 4 nitrogen and oxygen atoms in total. The summed E-state index contributed by atoms with van der Waals surface area (Å²) in [7, 11) is 0.364. The van der Waals surface area contributed by atoms with Crippen LogP contribution >= 0.6 is 0 Å². The number of benzene rings is 1. The van der Waals surface area contributed by atoms with Gasteiger partial charge in [0, 0.05) is 26.1 Å². The van der Waals surface area contributed by atoms with Crippen LogP contribution in [0, 0.1) is 11.6 Å². The first-order valence-electron chi connectivity index (χ1n) is 8.16. The van der Waals surface area contributed by atoms with Crippen LogP contribution in [0.25, 0.3) is 0 Å². The number of hydrazone groups is 1. The summed E-state index contributed by atoms with van der Waals surface area (Å²) in [5.74, 6) is -2.89. The number of nitrogens with zero attached hydrogens (tertiary/aromatic N) is 2. The van der Waals surface area contributed by atoms with Crippen LogP contribution in [-0.4, -0.2) is 46.6 Å². The molecule has 11 heteroatoms. The molecule has 1 aromatic carbocycles. The molecule has 0 heterocycles. The summed E-state index contributed by atoms with van der Waals surface area (Å²) in [4.78, 5) is 0. The van der Waals surface area contributed by atoms with Crippen molar-refractivity contribution in [1.82, 2.24) is 9.73 Å². The molecule has 0 aliphatic rings. The van der Waals surface area contributed by atoms with E-state index in [1.54, 1.807) is 0 Å². The monoisotopic (exact) mass is 431 g/mol. The van der Waals surface area contributed by atoms with Gasteiger partial charge in [0.2, 0.25) is 0 Å². The van der Waals surface area contributed by atoms with Gasteiger partial charge in [-0.25, -0.2) is 22.1 Å². The molecule has 0 aromatic heterocycles. The van der Waals surface area contributed by atoms with Gasteiger partial charge in [0.15, 0.2) is 11.6 Å². The van der Waals surface area contributed by atoms with Gasteiger partial charge >= 0.3 is 6.18 Å². The smallest absolute Gasteiger partial charge is 0.303 e. The largest absolute Gasteiger partial charge is 0.431 e. The molecule has 2 atom stereocenters. The van der Waals surface area contributed by atoms with Crippen molar-refractivity contribution >= 4 is 16.7 Å². The van der Waals surface area contributed by atoms with Gasteiger partial charge in [-0.3, -0.25) is 0 Å². The minimum Gasteiger partial charge on any atom is -0.303 e. The van der Waals surface area contributed by atoms with Crippen LogP contribution < -0.4 is 4.72 Å². The Morgan fingerprint density at radius 2 is 1.75 bits per heavy atom. The molecule has 28 heavy (non-hydrogen) atoms. The van der Waals surface area contributed by atoms with E-state index in [2.05, 4.69) is 9.82 Å². The average molecular weight is 431 g/mol. The third kappa shape index (κ3) is 5.94. The molecule has 0 saturated heterocycles. The second kappa shape index (κ2) is 8.81. The fraction of sp³-hybridized carbons (Fsp3) is 0.588. The normalized spacial score (nSPS) is 16.6. The lowest BCUT2D eigenvalue weighted by Crippen LogP contribution is -2.52. The minimum atomic E-state index is -4.97. The molecule has 0 bridgehead atoms. The van der Waals surface area contributed by atoms with Crippen LogP contribution in [0.1, 0.15) is 32.8 Å². The molecule has 1 N–H and O–H groups in total. The molecule has 0 spiro atoms. The molecule has 160 valence electrons. The zero-order valence-electron chi connectivity index (χ0n) is 16.1. The standard InChI is InChI=1S/C17H23F6N3OS/c1-15(2,3)28(27)25-16(10-18,11-7-6-8-12(19)14(11)20)9-13(17(21,22)23)24-26(4)5/h6-8,25H,9-10H2,1-5H3/b24-13-/t16?,28-/m1/s1. The maximum atomic E-state index is 14.4. The Morgan fingerprint density at radius 3 is 2.18 bits per heavy atom. The van der Waals surface area contributed by atoms with Crippen LogP contribution in [0.2, 0.25) is 0 Å². The molecule has 1 unspecified atom stereocenters. The Bertz CT molecular complexity index is 745. The highest BCUT2D eigenvalue weighted by molar-refractivity contribution is 7.84. The summed E-state index contributed by atoms with van der Waals surface area (Å²) in [5, 5.41) is 4.19. The maximum Gasteiger partial charge on any atom is 0.431 e. The lowest BCUT2D eigenvalue weighted by atomic mass is 9.86. The van der Waals surface area contributed by atoms with Crippen LogP contribution in [0.3, 0.4) is 0 Å². The Morgan fingerprint density at radius 1 is 1.18 bits per heavy atom. The van der Waals surface area contributed by atoms with Crippen molar-refractivity contribution in [3.63, 3.8) is 0 Å². The van der Waals surface area contributed by atoms with Gasteiger partial charge in [0.25, 0.3) is 0 Å². The van der Waals surface area contributed by atoms with E-state index in [0.717, 1.165) is 23.2 Å². The van der Waals surface area contributed by atoms with E-state index in [0.29, 0.717) is 0 Å². The van der Waals surface area contributed by atoms with Crippen molar-refractivity contribution in [2.75, 3.05) is 20.8 Å². The summed E-state index contributed by atoms with van der Waals surface area (Å²) in [6.07, 6.45) is -6.17. The summed E-state index contributed by atoms with van der Waals surface area (Å²) >= 11 is 0. The Balaban J connectivity index is 3.66. The predicted molar refractivity (Wildman–Crippen MR) is 96.8 cm³/mol. The van der Waals surface area contributed by atoms with Gasteiger partial charge in [0.1, 0.15) is 12.4 Å². The highest BCUT2D eigenvalue weighted by Gasteiger charge is 2.47. The van der Waals surface area contributed by atoms with Crippen LogP contribution in [0.15, 0.2) is 23.3 Å². The van der Waals surface area contributed by atoms with Crippen LogP contribution in [-0.2, 0) is 16.5 Å². The molecular weight excluding hydrogens is 408 g/mol. The van der Waals surface area contributed by atoms with E-state index in [1.165, 1.54) is 34.9 Å². The number of alkyl halides is 4. The number of hydrogen-bond acceptors (Lipinski definition) is 3. The first kappa shape index (κ1) is 24.4. The molecule has 0 aliphatic carbocycles. The Labute approximate surface area is 162 Å². The van der Waals surface area contributed by atoms with E-state index in [4.69, 9.17) is 0 Å². The maximum absolute atomic E-state index is 14.4. The molecule has 0 fully saturated rings. The Hall–Kier alpha value is -1.62. The third-order valence-electron chi connectivity index (χ3n) is 3.66. The average Bonchev–Trinajstić information content (AvgIpc) is 2.53. The van der Waals surface area contributed by atoms with Crippen molar-refractivity contribution in [2.24, 2.45) is 5.10 Å². The number of hydrogen-bond donors (Lipinski definition) is 1. The van der Waals surface area contributed by atoms with Crippen molar-refractivity contribution < 1.29 is 30.6 Å². The molecule has 1 aromatic rings. The van der Waals surface area contributed by atoms with Gasteiger partial charge in [-0.15, -0.1) is 0 Å². The van der Waals surface area contributed by atoms with Crippen molar-refractivity contribution in [3.8, 4) is 0 Å². The lowest BCUT2D eigenvalue weighted by molar-refractivity contribution is -0.0630. The van der Waals surface area contributed by atoms with Crippen LogP contribution in [0.4, 0.5) is 26.3 Å². The van der Waals surface area contributed by atoms with E-state index in [9.17, 15) is 30.6 Å². The zero-order chi connectivity index (χ0) is 21.9. The molecule has 0 saturated carbocycles. The summed E-state index contributed by atoms with van der Waals surface area (Å²) < 4.78 is 96.6. The van der Waals surface area contributed by atoms with Gasteiger partial charge in [-0.1, -0.05) is 12.1 Å². The van der Waals surface area contributed by atoms with E-state index >= 15 is 0 Å². The topological polar surface area (TPSA) is 44.7 Å². The highest BCUT2D eigenvalue weighted by atomic mass is 32.2. The summed E-state index contributed by atoms with van der Waals surface area (Å²) in [6, 6.07) is 2.74. The number of halogens is 6. The van der Waals surface area contributed by atoms with Gasteiger partial charge in [0.05, 0.1) is 21.3 Å². The second-order valence-electron chi connectivity index (χ2n) is 7.37. The Kier molecular flexibility index (Phi) is 7.68. The first-order chi connectivity index (χ1) is 12.6. The lowest BCUT2D eigenvalue weighted by Gasteiger charge is -2.35. The fourth-order valence-electron chi connectivity index (χ4n) is 2.26. The van der Waals surface area contributed by atoms with Crippen molar-refractivity contribution in [1.29, 1.82) is 0 Å². The van der Waals surface area contributed by atoms with E-state index in [1.807, 2.05) is 0 Å². The quantitative estimate of drug-likeness (QED) is 0.402. The van der Waals surface area contributed by atoms with Gasteiger partial charge in [-0.05, 0) is 26.8 Å². The fourth-order valence-corrected chi connectivity index (χ4v) is 3.15. The van der Waals surface area contributed by atoms with Gasteiger partial charge in [-0.2, -0.15) is 18.3 Å². The highest BCUT2D eigenvalue weighted by Crippen LogP contribution is 2.35. The van der Waals surface area contributed by atoms with E-state index in [-0.39, 0.29) is 0 Å². The molecule has 1 rings (SSSR count).